The fourth-order valence-corrected chi connectivity index (χ4v) is 2.98. The summed E-state index contributed by atoms with van der Waals surface area (Å²) in [5.41, 5.74) is 0.999. The Balaban J connectivity index is 2.58. The highest BCUT2D eigenvalue weighted by Gasteiger charge is 2.33. The molecule has 0 spiro atoms. The molecule has 0 aromatic heterocycles. The molecule has 7 heteroatoms. The van der Waals surface area contributed by atoms with Gasteiger partial charge in [0.2, 0.25) is 0 Å². The van der Waals surface area contributed by atoms with Crippen molar-refractivity contribution >= 4 is 11.7 Å². The predicted molar refractivity (Wildman–Crippen MR) is 106 cm³/mol. The summed E-state index contributed by atoms with van der Waals surface area (Å²) in [6, 6.07) is 10.4. The number of hydrogen-bond acceptors (Lipinski definition) is 5. The fraction of sp³-hybridized carbons (Fsp3) is 0.364. The minimum absolute atomic E-state index is 0.0597. The number of carbonyl (C=O) groups excluding carboxylic acids is 1. The van der Waals surface area contributed by atoms with Crippen molar-refractivity contribution in [3.05, 3.63) is 71.3 Å². The minimum atomic E-state index is -1.80. The Kier molecular flexibility index (Phi) is 7.99. The van der Waals surface area contributed by atoms with E-state index in [1.165, 1.54) is 36.4 Å². The molecule has 0 aliphatic rings. The highest BCUT2D eigenvalue weighted by atomic mass is 19.1. The van der Waals surface area contributed by atoms with Crippen LogP contribution < -0.4 is 0 Å². The van der Waals surface area contributed by atoms with Gasteiger partial charge in [-0.3, -0.25) is 4.99 Å². The Morgan fingerprint density at radius 2 is 1.55 bits per heavy atom. The first-order chi connectivity index (χ1) is 13.7. The molecule has 0 radical (unpaired) electrons. The van der Waals surface area contributed by atoms with E-state index in [-0.39, 0.29) is 11.6 Å². The van der Waals surface area contributed by atoms with Crippen molar-refractivity contribution in [1.82, 2.24) is 0 Å². The number of aliphatic imine (C=N–C) groups is 1. The van der Waals surface area contributed by atoms with Crippen molar-refractivity contribution in [2.24, 2.45) is 10.9 Å². The van der Waals surface area contributed by atoms with Crippen molar-refractivity contribution in [1.29, 1.82) is 0 Å². The van der Waals surface area contributed by atoms with Gasteiger partial charge in [0, 0.05) is 11.1 Å². The number of rotatable bonds is 8. The van der Waals surface area contributed by atoms with Crippen LogP contribution in [0.25, 0.3) is 0 Å². The number of halogens is 2. The van der Waals surface area contributed by atoms with Gasteiger partial charge in [-0.15, -0.1) is 0 Å². The molecule has 2 aromatic rings. The summed E-state index contributed by atoms with van der Waals surface area (Å²) in [5, 5.41) is 20.7. The maximum absolute atomic E-state index is 13.8. The fourth-order valence-electron chi connectivity index (χ4n) is 2.98. The Hall–Kier alpha value is -2.64. The van der Waals surface area contributed by atoms with Gasteiger partial charge in [0.1, 0.15) is 17.7 Å². The molecular weight excluding hydrogens is 380 g/mol. The van der Waals surface area contributed by atoms with E-state index in [0.717, 1.165) is 7.11 Å². The third-order valence-corrected chi connectivity index (χ3v) is 4.36. The van der Waals surface area contributed by atoms with Crippen LogP contribution in [0.1, 0.15) is 31.4 Å². The average Bonchev–Trinajstić information content (AvgIpc) is 2.69. The first kappa shape index (κ1) is 22.6. The molecule has 0 amide bonds. The minimum Gasteiger partial charge on any atom is -0.467 e. The van der Waals surface area contributed by atoms with Gasteiger partial charge in [0.15, 0.2) is 6.10 Å². The van der Waals surface area contributed by atoms with E-state index >= 15 is 0 Å². The van der Waals surface area contributed by atoms with E-state index in [1.54, 1.807) is 12.1 Å². The highest BCUT2D eigenvalue weighted by Crippen LogP contribution is 2.21. The van der Waals surface area contributed by atoms with E-state index < -0.39 is 35.9 Å². The highest BCUT2D eigenvalue weighted by molar-refractivity contribution is 6.13. The molecule has 0 bridgehead atoms. The smallest absolute Gasteiger partial charge is 0.337 e. The molecule has 0 saturated carbocycles. The number of esters is 1. The lowest BCUT2D eigenvalue weighted by Gasteiger charge is -2.25. The molecule has 0 unspecified atom stereocenters. The number of nitrogens with zero attached hydrogens (tertiary/aromatic N) is 1. The number of hydrogen-bond donors (Lipinski definition) is 2. The van der Waals surface area contributed by atoms with Gasteiger partial charge in [-0.05, 0) is 36.6 Å². The Morgan fingerprint density at radius 1 is 1.03 bits per heavy atom. The lowest BCUT2D eigenvalue weighted by molar-refractivity contribution is -0.157. The van der Waals surface area contributed by atoms with E-state index in [2.05, 4.69) is 9.73 Å². The maximum Gasteiger partial charge on any atom is 0.337 e. The summed E-state index contributed by atoms with van der Waals surface area (Å²) >= 11 is 0. The van der Waals surface area contributed by atoms with Crippen LogP contribution in [0, 0.1) is 17.6 Å². The summed E-state index contributed by atoms with van der Waals surface area (Å²) in [7, 11) is 1.10. The average molecular weight is 405 g/mol. The molecule has 5 nitrogen and oxygen atoms in total. The Bertz CT molecular complexity index is 822. The van der Waals surface area contributed by atoms with Crippen LogP contribution in [-0.4, -0.2) is 47.3 Å². The summed E-state index contributed by atoms with van der Waals surface area (Å²) in [4.78, 5) is 16.2. The van der Waals surface area contributed by atoms with Crippen LogP contribution in [0.3, 0.4) is 0 Å². The summed E-state index contributed by atoms with van der Waals surface area (Å²) in [5.74, 6) is -1.92. The van der Waals surface area contributed by atoms with Crippen molar-refractivity contribution in [2.45, 2.75) is 38.5 Å². The maximum atomic E-state index is 13.8. The zero-order valence-electron chi connectivity index (χ0n) is 16.5. The largest absolute Gasteiger partial charge is 0.467 e. The number of ether oxygens (including phenoxy) is 1. The van der Waals surface area contributed by atoms with Crippen molar-refractivity contribution in [2.75, 3.05) is 7.11 Å². The molecule has 2 N–H and O–H groups in total. The molecular formula is C22H25F2NO4. The molecule has 156 valence electrons. The van der Waals surface area contributed by atoms with Crippen molar-refractivity contribution in [3.63, 3.8) is 0 Å². The Morgan fingerprint density at radius 3 is 1.97 bits per heavy atom. The molecule has 0 aliphatic carbocycles. The number of aliphatic hydroxyl groups excluding tert-OH is 2. The summed E-state index contributed by atoms with van der Waals surface area (Å²) < 4.78 is 32.2. The van der Waals surface area contributed by atoms with Crippen LogP contribution in [-0.2, 0) is 9.53 Å². The van der Waals surface area contributed by atoms with E-state index in [1.807, 2.05) is 13.8 Å². The van der Waals surface area contributed by atoms with Gasteiger partial charge in [0.05, 0.1) is 18.9 Å². The number of methoxy groups -OCH3 is 1. The zero-order chi connectivity index (χ0) is 21.6. The van der Waals surface area contributed by atoms with E-state index in [0.29, 0.717) is 17.5 Å². The molecule has 2 rings (SSSR count). The normalized spacial score (nSPS) is 14.2. The second-order valence-electron chi connectivity index (χ2n) is 7.15. The van der Waals surface area contributed by atoms with Crippen molar-refractivity contribution in [3.8, 4) is 0 Å². The van der Waals surface area contributed by atoms with Gasteiger partial charge < -0.3 is 14.9 Å². The van der Waals surface area contributed by atoms with Gasteiger partial charge in [-0.2, -0.15) is 0 Å². The lowest BCUT2D eigenvalue weighted by Crippen LogP contribution is -2.43. The first-order valence-electron chi connectivity index (χ1n) is 9.26. The molecule has 0 heterocycles. The standard InChI is InChI=1S/C22H25F2NO4/c1-13(2)10-18(20(26)21(27)22(28)29-3)25-19(14-6-4-8-16(23)11-14)15-7-5-9-17(24)12-15/h4-9,11-13,18,20-21,26-27H,10H2,1-3H3/t18-,20-,21+/m0/s1. The molecule has 0 fully saturated rings. The third-order valence-electron chi connectivity index (χ3n) is 4.36. The molecule has 29 heavy (non-hydrogen) atoms. The van der Waals surface area contributed by atoms with Gasteiger partial charge >= 0.3 is 5.97 Å². The number of aliphatic hydroxyl groups is 2. The second kappa shape index (κ2) is 10.2. The number of carbonyl (C=O) groups is 1. The van der Waals surface area contributed by atoms with E-state index in [4.69, 9.17) is 0 Å². The summed E-state index contributed by atoms with van der Waals surface area (Å²) in [6.07, 6.45) is -3.03. The van der Waals surface area contributed by atoms with Gasteiger partial charge in [0.25, 0.3) is 0 Å². The second-order valence-corrected chi connectivity index (χ2v) is 7.15. The monoisotopic (exact) mass is 405 g/mol. The predicted octanol–water partition coefficient (Wildman–Crippen LogP) is 3.11. The van der Waals surface area contributed by atoms with Crippen LogP contribution in [0.15, 0.2) is 53.5 Å². The van der Waals surface area contributed by atoms with Crippen LogP contribution in [0.4, 0.5) is 8.78 Å². The quantitative estimate of drug-likeness (QED) is 0.523. The summed E-state index contributed by atoms with van der Waals surface area (Å²) in [6.45, 7) is 3.79. The zero-order valence-corrected chi connectivity index (χ0v) is 16.5. The van der Waals surface area contributed by atoms with Gasteiger partial charge in [-0.1, -0.05) is 38.1 Å². The Labute approximate surface area is 168 Å². The lowest BCUT2D eigenvalue weighted by atomic mass is 9.94. The van der Waals surface area contributed by atoms with Crippen LogP contribution in [0.5, 0.6) is 0 Å². The number of benzene rings is 2. The van der Waals surface area contributed by atoms with Crippen LogP contribution in [0.2, 0.25) is 0 Å². The SMILES string of the molecule is COC(=O)[C@H](O)[C@@H](O)[C@H](CC(C)C)N=C(c1cccc(F)c1)c1cccc(F)c1. The molecule has 3 atom stereocenters. The first-order valence-corrected chi connectivity index (χ1v) is 9.26. The van der Waals surface area contributed by atoms with Gasteiger partial charge in [-0.25, -0.2) is 13.6 Å². The molecule has 0 saturated heterocycles. The topological polar surface area (TPSA) is 79.1 Å². The molecule has 2 aromatic carbocycles. The third kappa shape index (κ3) is 6.17. The van der Waals surface area contributed by atoms with E-state index in [9.17, 15) is 23.8 Å². The molecule has 0 aliphatic heterocycles. The van der Waals surface area contributed by atoms with Crippen molar-refractivity contribution < 1.29 is 28.5 Å². The van der Waals surface area contributed by atoms with Crippen LogP contribution >= 0.6 is 0 Å².